The summed E-state index contributed by atoms with van der Waals surface area (Å²) in [7, 11) is 0. The van der Waals surface area contributed by atoms with Crippen LogP contribution < -0.4 is 11.1 Å². The Labute approximate surface area is 98.6 Å². The Morgan fingerprint density at radius 3 is 2.44 bits per heavy atom. The van der Waals surface area contributed by atoms with E-state index >= 15 is 0 Å². The van der Waals surface area contributed by atoms with Crippen LogP contribution in [0.3, 0.4) is 0 Å². The first-order valence-electron chi connectivity index (χ1n) is 6.17. The monoisotopic (exact) mass is 227 g/mol. The standard InChI is InChI=1S/C12H25N3O/c1-12(2,3)8-10(13)9-14-11(16)15-6-4-5-7-15/h10H,4-9,13H2,1-3H3,(H,14,16). The molecule has 1 rings (SSSR count). The van der Waals surface area contributed by atoms with Crippen LogP contribution in [0, 0.1) is 5.41 Å². The summed E-state index contributed by atoms with van der Waals surface area (Å²) in [4.78, 5) is 13.5. The quantitative estimate of drug-likeness (QED) is 0.768. The van der Waals surface area contributed by atoms with Gasteiger partial charge in [0.05, 0.1) is 0 Å². The van der Waals surface area contributed by atoms with Crippen molar-refractivity contribution in [1.29, 1.82) is 0 Å². The first kappa shape index (κ1) is 13.3. The molecule has 94 valence electrons. The molecule has 16 heavy (non-hydrogen) atoms. The second kappa shape index (κ2) is 5.53. The number of nitrogens with two attached hydrogens (primary N) is 1. The van der Waals surface area contributed by atoms with Gasteiger partial charge in [0.25, 0.3) is 0 Å². The normalized spacial score (nSPS) is 18.6. The number of nitrogens with zero attached hydrogens (tertiary/aromatic N) is 1. The maximum absolute atomic E-state index is 11.7. The molecule has 1 aliphatic rings. The summed E-state index contributed by atoms with van der Waals surface area (Å²) in [5, 5.41) is 2.91. The Bertz CT molecular complexity index is 229. The average Bonchev–Trinajstić information content (AvgIpc) is 2.64. The molecule has 1 heterocycles. The van der Waals surface area contributed by atoms with Crippen LogP contribution in [-0.2, 0) is 0 Å². The molecular formula is C12H25N3O. The number of rotatable bonds is 3. The maximum Gasteiger partial charge on any atom is 0.317 e. The second-order valence-corrected chi connectivity index (χ2v) is 5.91. The van der Waals surface area contributed by atoms with E-state index in [1.807, 2.05) is 4.90 Å². The highest BCUT2D eigenvalue weighted by Crippen LogP contribution is 2.19. The highest BCUT2D eigenvalue weighted by Gasteiger charge is 2.19. The van der Waals surface area contributed by atoms with Gasteiger partial charge < -0.3 is 16.0 Å². The lowest BCUT2D eigenvalue weighted by molar-refractivity contribution is 0.206. The zero-order chi connectivity index (χ0) is 12.2. The summed E-state index contributed by atoms with van der Waals surface area (Å²) in [6.45, 7) is 8.84. The molecule has 4 heteroatoms. The predicted molar refractivity (Wildman–Crippen MR) is 66.3 cm³/mol. The number of hydrogen-bond donors (Lipinski definition) is 2. The van der Waals surface area contributed by atoms with E-state index < -0.39 is 0 Å². The van der Waals surface area contributed by atoms with Crippen molar-refractivity contribution in [3.05, 3.63) is 0 Å². The minimum absolute atomic E-state index is 0.0434. The van der Waals surface area contributed by atoms with E-state index in [1.165, 1.54) is 0 Å². The molecule has 1 atom stereocenters. The summed E-state index contributed by atoms with van der Waals surface area (Å²) in [5.41, 5.74) is 6.19. The third-order valence-electron chi connectivity index (χ3n) is 2.78. The molecule has 1 saturated heterocycles. The highest BCUT2D eigenvalue weighted by molar-refractivity contribution is 5.74. The Balaban J connectivity index is 2.20. The molecule has 2 amide bonds. The van der Waals surface area contributed by atoms with Crippen LogP contribution in [0.25, 0.3) is 0 Å². The van der Waals surface area contributed by atoms with Gasteiger partial charge in [0.1, 0.15) is 0 Å². The molecule has 1 unspecified atom stereocenters. The fourth-order valence-electron chi connectivity index (χ4n) is 2.11. The van der Waals surface area contributed by atoms with E-state index in [1.54, 1.807) is 0 Å². The average molecular weight is 227 g/mol. The van der Waals surface area contributed by atoms with Gasteiger partial charge >= 0.3 is 6.03 Å². The van der Waals surface area contributed by atoms with Gasteiger partial charge in [0.2, 0.25) is 0 Å². The number of carbonyl (C=O) groups excluding carboxylic acids is 1. The molecule has 1 aliphatic heterocycles. The van der Waals surface area contributed by atoms with Gasteiger partial charge in [-0.2, -0.15) is 0 Å². The van der Waals surface area contributed by atoms with Gasteiger partial charge in [-0.15, -0.1) is 0 Å². The number of urea groups is 1. The summed E-state index contributed by atoms with van der Waals surface area (Å²) in [6, 6.07) is 0.0911. The third-order valence-corrected chi connectivity index (χ3v) is 2.78. The van der Waals surface area contributed by atoms with Gasteiger partial charge in [-0.05, 0) is 24.7 Å². The van der Waals surface area contributed by atoms with Crippen LogP contribution in [0.15, 0.2) is 0 Å². The molecule has 0 aromatic rings. The first-order valence-corrected chi connectivity index (χ1v) is 6.17. The molecule has 3 N–H and O–H groups in total. The molecule has 0 bridgehead atoms. The topological polar surface area (TPSA) is 58.4 Å². The van der Waals surface area contributed by atoms with Crippen LogP contribution >= 0.6 is 0 Å². The van der Waals surface area contributed by atoms with Gasteiger partial charge in [0.15, 0.2) is 0 Å². The number of nitrogens with one attached hydrogen (secondary N) is 1. The predicted octanol–water partition coefficient (Wildman–Crippen LogP) is 1.56. The minimum Gasteiger partial charge on any atom is -0.336 e. The first-order chi connectivity index (χ1) is 7.38. The largest absolute Gasteiger partial charge is 0.336 e. The molecule has 0 aromatic heterocycles. The number of carbonyl (C=O) groups is 1. The van der Waals surface area contributed by atoms with E-state index in [4.69, 9.17) is 5.73 Å². The smallest absolute Gasteiger partial charge is 0.317 e. The number of likely N-dealkylation sites (tertiary alicyclic amines) is 1. The van der Waals surface area contributed by atoms with Crippen LogP contribution in [0.4, 0.5) is 4.79 Å². The minimum atomic E-state index is 0.0434. The van der Waals surface area contributed by atoms with Crippen LogP contribution in [0.1, 0.15) is 40.0 Å². The maximum atomic E-state index is 11.7. The Morgan fingerprint density at radius 1 is 1.38 bits per heavy atom. The molecule has 0 saturated carbocycles. The Kier molecular flexibility index (Phi) is 4.59. The number of hydrogen-bond acceptors (Lipinski definition) is 2. The van der Waals surface area contributed by atoms with Crippen molar-refractivity contribution < 1.29 is 4.79 Å². The van der Waals surface area contributed by atoms with E-state index in [2.05, 4.69) is 26.1 Å². The van der Waals surface area contributed by atoms with Crippen LogP contribution in [0.2, 0.25) is 0 Å². The van der Waals surface area contributed by atoms with E-state index in [-0.39, 0.29) is 17.5 Å². The van der Waals surface area contributed by atoms with Crippen molar-refractivity contribution >= 4 is 6.03 Å². The SMILES string of the molecule is CC(C)(C)CC(N)CNC(=O)N1CCCC1. The zero-order valence-corrected chi connectivity index (χ0v) is 10.8. The summed E-state index contributed by atoms with van der Waals surface area (Å²) < 4.78 is 0. The Morgan fingerprint density at radius 2 is 1.94 bits per heavy atom. The van der Waals surface area contributed by atoms with Crippen molar-refractivity contribution in [2.75, 3.05) is 19.6 Å². The lowest BCUT2D eigenvalue weighted by Gasteiger charge is -2.24. The van der Waals surface area contributed by atoms with Crippen molar-refractivity contribution in [3.8, 4) is 0 Å². The van der Waals surface area contributed by atoms with Gasteiger partial charge in [-0.25, -0.2) is 4.79 Å². The van der Waals surface area contributed by atoms with Crippen LogP contribution in [0.5, 0.6) is 0 Å². The van der Waals surface area contributed by atoms with Gasteiger partial charge in [0, 0.05) is 25.7 Å². The van der Waals surface area contributed by atoms with Gasteiger partial charge in [-0.1, -0.05) is 20.8 Å². The molecule has 1 fully saturated rings. The van der Waals surface area contributed by atoms with Crippen molar-refractivity contribution in [2.45, 2.75) is 46.1 Å². The van der Waals surface area contributed by atoms with Crippen molar-refractivity contribution in [3.63, 3.8) is 0 Å². The summed E-state index contributed by atoms with van der Waals surface area (Å²) in [5.74, 6) is 0. The van der Waals surface area contributed by atoms with E-state index in [0.29, 0.717) is 6.54 Å². The second-order valence-electron chi connectivity index (χ2n) is 5.91. The fourth-order valence-corrected chi connectivity index (χ4v) is 2.11. The molecule has 0 spiro atoms. The fraction of sp³-hybridized carbons (Fsp3) is 0.917. The molecular weight excluding hydrogens is 202 g/mol. The third kappa shape index (κ3) is 4.84. The summed E-state index contributed by atoms with van der Waals surface area (Å²) >= 11 is 0. The molecule has 0 aromatic carbocycles. The van der Waals surface area contributed by atoms with E-state index in [0.717, 1.165) is 32.4 Å². The lowest BCUT2D eigenvalue weighted by Crippen LogP contribution is -2.44. The van der Waals surface area contributed by atoms with Gasteiger partial charge in [-0.3, -0.25) is 0 Å². The Hall–Kier alpha value is -0.770. The molecule has 0 radical (unpaired) electrons. The zero-order valence-electron chi connectivity index (χ0n) is 10.8. The van der Waals surface area contributed by atoms with E-state index in [9.17, 15) is 4.79 Å². The lowest BCUT2D eigenvalue weighted by atomic mass is 9.88. The number of amides is 2. The van der Waals surface area contributed by atoms with Crippen LogP contribution in [-0.4, -0.2) is 36.6 Å². The molecule has 4 nitrogen and oxygen atoms in total. The van der Waals surface area contributed by atoms with Crippen molar-refractivity contribution in [1.82, 2.24) is 10.2 Å². The molecule has 0 aliphatic carbocycles. The highest BCUT2D eigenvalue weighted by atomic mass is 16.2. The summed E-state index contributed by atoms with van der Waals surface area (Å²) in [6.07, 6.45) is 3.18. The van der Waals surface area contributed by atoms with Crippen molar-refractivity contribution in [2.24, 2.45) is 11.1 Å².